The summed E-state index contributed by atoms with van der Waals surface area (Å²) in [6, 6.07) is 8.02. The molecule has 0 saturated heterocycles. The van der Waals surface area contributed by atoms with Crippen LogP contribution in [-0.4, -0.2) is 17.9 Å². The standard InChI is InChI=1S/C12H16Cl2S/c1-15-7-6-10(9-13)8-11-4-2-3-5-12(11)14/h2-5,10H,6-9H2,1H3. The summed E-state index contributed by atoms with van der Waals surface area (Å²) in [5, 5.41) is 0.858. The normalized spacial score (nSPS) is 12.7. The van der Waals surface area contributed by atoms with Crippen LogP contribution in [0.2, 0.25) is 5.02 Å². The molecule has 0 amide bonds. The van der Waals surface area contributed by atoms with Crippen molar-refractivity contribution < 1.29 is 0 Å². The fourth-order valence-electron chi connectivity index (χ4n) is 1.49. The molecule has 0 aliphatic heterocycles. The predicted octanol–water partition coefficient (Wildman–Crippen LogP) is 4.49. The predicted molar refractivity (Wildman–Crippen MR) is 72.4 cm³/mol. The summed E-state index contributed by atoms with van der Waals surface area (Å²) in [6.45, 7) is 0. The highest BCUT2D eigenvalue weighted by atomic mass is 35.5. The number of hydrogen-bond acceptors (Lipinski definition) is 1. The highest BCUT2D eigenvalue weighted by molar-refractivity contribution is 7.98. The van der Waals surface area contributed by atoms with Gasteiger partial charge in [-0.1, -0.05) is 29.8 Å². The van der Waals surface area contributed by atoms with Crippen molar-refractivity contribution in [3.8, 4) is 0 Å². The second-order valence-electron chi connectivity index (χ2n) is 3.60. The largest absolute Gasteiger partial charge is 0.165 e. The summed E-state index contributed by atoms with van der Waals surface area (Å²) < 4.78 is 0. The molecule has 84 valence electrons. The molecule has 0 aliphatic rings. The van der Waals surface area contributed by atoms with Crippen LogP contribution in [0.15, 0.2) is 24.3 Å². The summed E-state index contributed by atoms with van der Waals surface area (Å²) in [5.74, 6) is 2.42. The van der Waals surface area contributed by atoms with Gasteiger partial charge in [-0.2, -0.15) is 11.8 Å². The van der Waals surface area contributed by atoms with Crippen LogP contribution < -0.4 is 0 Å². The molecule has 0 aliphatic carbocycles. The number of thioether (sulfide) groups is 1. The van der Waals surface area contributed by atoms with Crippen molar-refractivity contribution >= 4 is 35.0 Å². The van der Waals surface area contributed by atoms with E-state index in [2.05, 4.69) is 12.3 Å². The Balaban J connectivity index is 2.54. The average molecular weight is 263 g/mol. The summed E-state index contributed by atoms with van der Waals surface area (Å²) in [4.78, 5) is 0. The smallest absolute Gasteiger partial charge is 0.0438 e. The second kappa shape index (κ2) is 7.43. The number of halogens is 2. The molecule has 1 aromatic carbocycles. The molecule has 0 nitrogen and oxygen atoms in total. The second-order valence-corrected chi connectivity index (χ2v) is 5.30. The van der Waals surface area contributed by atoms with Crippen LogP contribution in [0, 0.1) is 5.92 Å². The number of hydrogen-bond donors (Lipinski definition) is 0. The summed E-state index contributed by atoms with van der Waals surface area (Å²) in [7, 11) is 0. The van der Waals surface area contributed by atoms with E-state index >= 15 is 0 Å². The maximum Gasteiger partial charge on any atom is 0.0438 e. The third-order valence-corrected chi connectivity index (χ3v) is 3.86. The fourth-order valence-corrected chi connectivity index (χ4v) is 2.54. The highest BCUT2D eigenvalue weighted by Gasteiger charge is 2.09. The molecule has 1 rings (SSSR count). The molecule has 0 saturated carbocycles. The van der Waals surface area contributed by atoms with Crippen molar-refractivity contribution in [2.24, 2.45) is 5.92 Å². The molecule has 1 atom stereocenters. The van der Waals surface area contributed by atoms with E-state index in [9.17, 15) is 0 Å². The number of alkyl halides is 1. The maximum atomic E-state index is 6.11. The monoisotopic (exact) mass is 262 g/mol. The van der Waals surface area contributed by atoms with Crippen molar-refractivity contribution in [2.75, 3.05) is 17.9 Å². The molecule has 0 heterocycles. The third-order valence-electron chi connectivity index (χ3n) is 2.41. The molecular weight excluding hydrogens is 247 g/mol. The molecule has 3 heteroatoms. The zero-order valence-electron chi connectivity index (χ0n) is 8.88. The van der Waals surface area contributed by atoms with E-state index in [0.717, 1.165) is 17.9 Å². The van der Waals surface area contributed by atoms with E-state index in [4.69, 9.17) is 23.2 Å². The summed E-state index contributed by atoms with van der Waals surface area (Å²) >= 11 is 13.9. The van der Waals surface area contributed by atoms with Crippen LogP contribution >= 0.6 is 35.0 Å². The third kappa shape index (κ3) is 4.67. The highest BCUT2D eigenvalue weighted by Crippen LogP contribution is 2.22. The van der Waals surface area contributed by atoms with Gasteiger partial charge in [0.2, 0.25) is 0 Å². The first kappa shape index (κ1) is 13.2. The van der Waals surface area contributed by atoms with E-state index < -0.39 is 0 Å². The van der Waals surface area contributed by atoms with Crippen LogP contribution in [-0.2, 0) is 6.42 Å². The molecular formula is C12H16Cl2S. The zero-order chi connectivity index (χ0) is 11.1. The van der Waals surface area contributed by atoms with E-state index in [-0.39, 0.29) is 0 Å². The van der Waals surface area contributed by atoms with Crippen LogP contribution in [0.4, 0.5) is 0 Å². The number of benzene rings is 1. The zero-order valence-corrected chi connectivity index (χ0v) is 11.2. The van der Waals surface area contributed by atoms with Crippen LogP contribution in [0.1, 0.15) is 12.0 Å². The molecule has 0 radical (unpaired) electrons. The minimum absolute atomic E-state index is 0.541. The van der Waals surface area contributed by atoms with Gasteiger partial charge in [0.25, 0.3) is 0 Å². The Bertz CT molecular complexity index is 289. The van der Waals surface area contributed by atoms with Gasteiger partial charge in [0, 0.05) is 10.9 Å². The summed E-state index contributed by atoms with van der Waals surface area (Å²) in [5.41, 5.74) is 1.21. The van der Waals surface area contributed by atoms with Crippen LogP contribution in [0.25, 0.3) is 0 Å². The van der Waals surface area contributed by atoms with Gasteiger partial charge < -0.3 is 0 Å². The lowest BCUT2D eigenvalue weighted by Gasteiger charge is -2.13. The van der Waals surface area contributed by atoms with Gasteiger partial charge in [-0.3, -0.25) is 0 Å². The quantitative estimate of drug-likeness (QED) is 0.681. The van der Waals surface area contributed by atoms with Gasteiger partial charge in [0.1, 0.15) is 0 Å². The Labute approximate surface area is 106 Å². The van der Waals surface area contributed by atoms with Crippen molar-refractivity contribution in [1.29, 1.82) is 0 Å². The summed E-state index contributed by atoms with van der Waals surface area (Å²) in [6.07, 6.45) is 4.28. The molecule has 1 unspecified atom stereocenters. The van der Waals surface area contributed by atoms with Gasteiger partial charge in [-0.05, 0) is 42.4 Å². The maximum absolute atomic E-state index is 6.11. The molecule has 1 aromatic rings. The van der Waals surface area contributed by atoms with Crippen molar-refractivity contribution in [1.82, 2.24) is 0 Å². The van der Waals surface area contributed by atoms with Gasteiger partial charge >= 0.3 is 0 Å². The Hall–Kier alpha value is 0.150. The Morgan fingerprint density at radius 3 is 2.67 bits per heavy atom. The fraction of sp³-hybridized carbons (Fsp3) is 0.500. The Morgan fingerprint density at radius 2 is 2.07 bits per heavy atom. The van der Waals surface area contributed by atoms with E-state index in [0.29, 0.717) is 11.8 Å². The minimum Gasteiger partial charge on any atom is -0.165 e. The lowest BCUT2D eigenvalue weighted by Crippen LogP contribution is -2.08. The van der Waals surface area contributed by atoms with Crippen LogP contribution in [0.3, 0.4) is 0 Å². The van der Waals surface area contributed by atoms with Crippen LogP contribution in [0.5, 0.6) is 0 Å². The molecule has 0 spiro atoms. The Morgan fingerprint density at radius 1 is 1.33 bits per heavy atom. The first-order valence-electron chi connectivity index (χ1n) is 5.06. The van der Waals surface area contributed by atoms with E-state index in [1.54, 1.807) is 0 Å². The lowest BCUT2D eigenvalue weighted by molar-refractivity contribution is 0.572. The lowest BCUT2D eigenvalue weighted by atomic mass is 9.99. The number of rotatable bonds is 6. The molecule has 0 aromatic heterocycles. The van der Waals surface area contributed by atoms with Gasteiger partial charge in [0.15, 0.2) is 0 Å². The molecule has 0 bridgehead atoms. The van der Waals surface area contributed by atoms with E-state index in [1.165, 1.54) is 11.3 Å². The topological polar surface area (TPSA) is 0 Å². The molecule has 0 fully saturated rings. The average Bonchev–Trinajstić information content (AvgIpc) is 2.26. The van der Waals surface area contributed by atoms with Crippen molar-refractivity contribution in [3.05, 3.63) is 34.9 Å². The first-order valence-corrected chi connectivity index (χ1v) is 7.37. The molecule has 15 heavy (non-hydrogen) atoms. The van der Waals surface area contributed by atoms with E-state index in [1.807, 2.05) is 30.0 Å². The molecule has 0 N–H and O–H groups in total. The first-order chi connectivity index (χ1) is 7.27. The SMILES string of the molecule is CSCCC(CCl)Cc1ccccc1Cl. The van der Waals surface area contributed by atoms with Crippen molar-refractivity contribution in [2.45, 2.75) is 12.8 Å². The minimum atomic E-state index is 0.541. The Kier molecular flexibility index (Phi) is 6.54. The van der Waals surface area contributed by atoms with Gasteiger partial charge in [-0.25, -0.2) is 0 Å². The van der Waals surface area contributed by atoms with Crippen molar-refractivity contribution in [3.63, 3.8) is 0 Å². The van der Waals surface area contributed by atoms with Gasteiger partial charge in [0.05, 0.1) is 0 Å². The van der Waals surface area contributed by atoms with Gasteiger partial charge in [-0.15, -0.1) is 11.6 Å².